The Bertz CT molecular complexity index is 1260. The van der Waals surface area contributed by atoms with E-state index in [1.54, 1.807) is 42.5 Å². The van der Waals surface area contributed by atoms with Crippen LogP contribution in [0.25, 0.3) is 0 Å². The molecule has 0 atom stereocenters. The van der Waals surface area contributed by atoms with Crippen molar-refractivity contribution in [2.24, 2.45) is 5.10 Å². The van der Waals surface area contributed by atoms with Crippen molar-refractivity contribution in [2.75, 3.05) is 0 Å². The molecular weight excluding hydrogens is 500 g/mol. The zero-order valence-corrected chi connectivity index (χ0v) is 18.1. The summed E-state index contributed by atoms with van der Waals surface area (Å²) in [6.07, 6.45) is 1.25. The van der Waals surface area contributed by atoms with Gasteiger partial charge in [-0.25, -0.2) is 10.2 Å². The number of rotatable bonds is 7. The highest BCUT2D eigenvalue weighted by molar-refractivity contribution is 9.10. The van der Waals surface area contributed by atoms with Crippen molar-refractivity contribution in [1.82, 2.24) is 5.43 Å². The maximum absolute atomic E-state index is 12.3. The molecule has 0 aliphatic rings. The molecule has 3 aromatic carbocycles. The zero-order valence-electron chi connectivity index (χ0n) is 16.5. The first-order chi connectivity index (χ1) is 15.7. The van der Waals surface area contributed by atoms with Crippen LogP contribution in [0.15, 0.2) is 76.3 Å². The molecule has 0 bridgehead atoms. The zero-order chi connectivity index (χ0) is 24.0. The molecule has 1 N–H and O–H groups in total. The van der Waals surface area contributed by atoms with Crippen molar-refractivity contribution in [1.29, 1.82) is 0 Å². The molecule has 0 saturated heterocycles. The lowest BCUT2D eigenvalue weighted by Gasteiger charge is -2.06. The summed E-state index contributed by atoms with van der Waals surface area (Å²) in [5.41, 5.74) is 1.46. The predicted molar refractivity (Wildman–Crippen MR) is 120 cm³/mol. The molecule has 3 rings (SSSR count). The summed E-state index contributed by atoms with van der Waals surface area (Å²) < 4.78 is 5.92. The number of ether oxygens (including phenoxy) is 1. The average Bonchev–Trinajstić information content (AvgIpc) is 2.79. The summed E-state index contributed by atoms with van der Waals surface area (Å²) in [4.78, 5) is 44.8. The largest absolute Gasteiger partial charge is 0.423 e. The monoisotopic (exact) mass is 512 g/mol. The molecule has 33 heavy (non-hydrogen) atoms. The Balaban J connectivity index is 1.70. The fourth-order valence-electron chi connectivity index (χ4n) is 2.61. The Morgan fingerprint density at radius 2 is 1.61 bits per heavy atom. The second-order valence-corrected chi connectivity index (χ2v) is 7.25. The molecule has 0 fully saturated rings. The molecule has 0 aliphatic carbocycles. The van der Waals surface area contributed by atoms with Crippen LogP contribution in [0, 0.1) is 20.2 Å². The number of hydrogen-bond acceptors (Lipinski definition) is 8. The molecule has 0 unspecified atom stereocenters. The molecule has 12 heteroatoms. The Kier molecular flexibility index (Phi) is 7.20. The van der Waals surface area contributed by atoms with Crippen molar-refractivity contribution in [3.8, 4) is 5.75 Å². The summed E-state index contributed by atoms with van der Waals surface area (Å²) in [7, 11) is 0. The van der Waals surface area contributed by atoms with E-state index in [-0.39, 0.29) is 11.3 Å². The van der Waals surface area contributed by atoms with Crippen LogP contribution in [-0.4, -0.2) is 27.9 Å². The van der Waals surface area contributed by atoms with Crippen molar-refractivity contribution in [3.63, 3.8) is 0 Å². The SMILES string of the molecule is O=C(NN=Cc1cccc(OC(=O)c2ccccc2Br)c1)c1cc([N+](=O)[O-])cc([N+](=O)[O-])c1. The summed E-state index contributed by atoms with van der Waals surface area (Å²) in [6.45, 7) is 0. The van der Waals surface area contributed by atoms with E-state index in [9.17, 15) is 29.8 Å². The van der Waals surface area contributed by atoms with Gasteiger partial charge in [-0.3, -0.25) is 25.0 Å². The number of non-ortho nitro benzene ring substituents is 2. The van der Waals surface area contributed by atoms with Gasteiger partial charge in [0, 0.05) is 16.6 Å². The van der Waals surface area contributed by atoms with E-state index < -0.39 is 33.1 Å². The lowest BCUT2D eigenvalue weighted by molar-refractivity contribution is -0.394. The van der Waals surface area contributed by atoms with Crippen LogP contribution in [0.1, 0.15) is 26.3 Å². The van der Waals surface area contributed by atoms with Gasteiger partial charge in [-0.2, -0.15) is 5.10 Å². The number of hydrazone groups is 1. The molecule has 0 radical (unpaired) electrons. The third-order valence-corrected chi connectivity index (χ3v) is 4.82. The summed E-state index contributed by atoms with van der Waals surface area (Å²) in [5.74, 6) is -1.22. The number of hydrogen-bond donors (Lipinski definition) is 1. The lowest BCUT2D eigenvalue weighted by Crippen LogP contribution is -2.18. The molecule has 0 aliphatic heterocycles. The minimum atomic E-state index is -0.880. The van der Waals surface area contributed by atoms with Crippen LogP contribution >= 0.6 is 15.9 Å². The summed E-state index contributed by atoms with van der Waals surface area (Å²) >= 11 is 3.28. The number of halogens is 1. The van der Waals surface area contributed by atoms with Crippen molar-refractivity contribution < 1.29 is 24.2 Å². The average molecular weight is 513 g/mol. The standard InChI is InChI=1S/C21H13BrN4O7/c22-19-7-2-1-6-18(19)21(28)33-17-5-3-4-13(8-17)12-23-24-20(27)14-9-15(25(29)30)11-16(10-14)26(31)32/h1-12H,(H,24,27). The van der Waals surface area contributed by atoms with E-state index in [0.717, 1.165) is 18.2 Å². The van der Waals surface area contributed by atoms with Gasteiger partial charge >= 0.3 is 5.97 Å². The Hall–Kier alpha value is -4.45. The molecule has 0 heterocycles. The quantitative estimate of drug-likeness (QED) is 0.163. The highest BCUT2D eigenvalue weighted by Crippen LogP contribution is 2.23. The highest BCUT2D eigenvalue weighted by atomic mass is 79.9. The maximum Gasteiger partial charge on any atom is 0.344 e. The second kappa shape index (κ2) is 10.2. The van der Waals surface area contributed by atoms with Gasteiger partial charge in [-0.15, -0.1) is 0 Å². The molecule has 3 aromatic rings. The molecular formula is C21H13BrN4O7. The third kappa shape index (κ3) is 6.04. The van der Waals surface area contributed by atoms with E-state index >= 15 is 0 Å². The van der Waals surface area contributed by atoms with Crippen molar-refractivity contribution in [3.05, 3.63) is 108 Å². The first-order valence-corrected chi connectivity index (χ1v) is 9.88. The van der Waals surface area contributed by atoms with E-state index in [1.807, 2.05) is 0 Å². The number of esters is 1. The minimum Gasteiger partial charge on any atom is -0.423 e. The van der Waals surface area contributed by atoms with E-state index in [2.05, 4.69) is 26.5 Å². The van der Waals surface area contributed by atoms with Crippen LogP contribution in [0.3, 0.4) is 0 Å². The van der Waals surface area contributed by atoms with Crippen LogP contribution in [0.4, 0.5) is 11.4 Å². The van der Waals surface area contributed by atoms with Gasteiger partial charge in [0.05, 0.1) is 33.3 Å². The fourth-order valence-corrected chi connectivity index (χ4v) is 3.06. The van der Waals surface area contributed by atoms with Gasteiger partial charge in [0.1, 0.15) is 5.75 Å². The number of benzene rings is 3. The Labute approximate surface area is 194 Å². The molecule has 1 amide bonds. The summed E-state index contributed by atoms with van der Waals surface area (Å²) in [5, 5.41) is 25.6. The van der Waals surface area contributed by atoms with Crippen molar-refractivity contribution >= 4 is 45.4 Å². The van der Waals surface area contributed by atoms with E-state index in [1.165, 1.54) is 12.3 Å². The summed E-state index contributed by atoms with van der Waals surface area (Å²) in [6, 6.07) is 15.6. The number of nitrogens with one attached hydrogen (secondary N) is 1. The van der Waals surface area contributed by atoms with Gasteiger partial charge in [-0.1, -0.05) is 24.3 Å². The van der Waals surface area contributed by atoms with Crippen LogP contribution in [0.2, 0.25) is 0 Å². The smallest absolute Gasteiger partial charge is 0.344 e. The fraction of sp³-hybridized carbons (Fsp3) is 0. The van der Waals surface area contributed by atoms with Crippen LogP contribution < -0.4 is 10.2 Å². The maximum atomic E-state index is 12.3. The highest BCUT2D eigenvalue weighted by Gasteiger charge is 2.19. The number of nitrogens with zero attached hydrogens (tertiary/aromatic N) is 3. The molecule has 0 saturated carbocycles. The lowest BCUT2D eigenvalue weighted by atomic mass is 10.1. The number of nitro benzene ring substituents is 2. The Morgan fingerprint density at radius 3 is 2.24 bits per heavy atom. The van der Waals surface area contributed by atoms with Gasteiger partial charge in [-0.05, 0) is 45.8 Å². The number of carbonyl (C=O) groups is 2. The molecule has 0 aromatic heterocycles. The van der Waals surface area contributed by atoms with Crippen LogP contribution in [0.5, 0.6) is 5.75 Å². The molecule has 0 spiro atoms. The molecule has 11 nitrogen and oxygen atoms in total. The predicted octanol–water partition coefficient (Wildman–Crippen LogP) is 4.25. The normalized spacial score (nSPS) is 10.6. The second-order valence-electron chi connectivity index (χ2n) is 6.39. The third-order valence-electron chi connectivity index (χ3n) is 4.13. The van der Waals surface area contributed by atoms with Crippen molar-refractivity contribution in [2.45, 2.75) is 0 Å². The van der Waals surface area contributed by atoms with E-state index in [4.69, 9.17) is 4.74 Å². The Morgan fingerprint density at radius 1 is 0.939 bits per heavy atom. The topological polar surface area (TPSA) is 154 Å². The van der Waals surface area contributed by atoms with Crippen LogP contribution in [-0.2, 0) is 0 Å². The first kappa shape index (κ1) is 23.2. The van der Waals surface area contributed by atoms with E-state index in [0.29, 0.717) is 15.6 Å². The first-order valence-electron chi connectivity index (χ1n) is 9.08. The van der Waals surface area contributed by atoms with Gasteiger partial charge in [0.2, 0.25) is 0 Å². The number of amides is 1. The van der Waals surface area contributed by atoms with Gasteiger partial charge < -0.3 is 4.74 Å². The number of carbonyl (C=O) groups excluding carboxylic acids is 2. The molecule has 166 valence electrons. The van der Waals surface area contributed by atoms with Gasteiger partial charge in [0.25, 0.3) is 17.3 Å². The van der Waals surface area contributed by atoms with Gasteiger partial charge in [0.15, 0.2) is 0 Å². The minimum absolute atomic E-state index is 0.236. The number of nitro groups is 2.